The Morgan fingerprint density at radius 1 is 1.47 bits per heavy atom. The maximum absolute atomic E-state index is 4.39. The minimum absolute atomic E-state index is 0.824. The smallest absolute Gasteiger partial charge is 0.197 e. The fraction of sp³-hybridized carbons (Fsp3) is 0.364. The number of hydrogen-bond donors (Lipinski definition) is 1. The monoisotopic (exact) mass is 249 g/mol. The maximum atomic E-state index is 4.39. The molecular formula is C11H15N5S. The van der Waals surface area contributed by atoms with Crippen molar-refractivity contribution < 1.29 is 0 Å². The Hall–Kier alpha value is -1.40. The third-order valence-corrected chi connectivity index (χ3v) is 3.39. The molecule has 0 spiro atoms. The van der Waals surface area contributed by atoms with Gasteiger partial charge in [0.25, 0.3) is 0 Å². The Bertz CT molecular complexity index is 482. The van der Waals surface area contributed by atoms with Crippen LogP contribution in [0, 0.1) is 0 Å². The van der Waals surface area contributed by atoms with E-state index in [0.717, 1.165) is 23.3 Å². The number of hydrogen-bond acceptors (Lipinski definition) is 5. The molecule has 5 nitrogen and oxygen atoms in total. The normalized spacial score (nSPS) is 10.7. The summed E-state index contributed by atoms with van der Waals surface area (Å²) in [5.41, 5.74) is 1.18. The molecule has 0 radical (unpaired) electrons. The first-order valence-electron chi connectivity index (χ1n) is 5.47. The topological polar surface area (TPSA) is 55.6 Å². The highest BCUT2D eigenvalue weighted by Gasteiger charge is 2.08. The van der Waals surface area contributed by atoms with Gasteiger partial charge in [-0.25, -0.2) is 4.98 Å². The van der Waals surface area contributed by atoms with E-state index in [1.807, 2.05) is 17.7 Å². The zero-order valence-corrected chi connectivity index (χ0v) is 10.7. The molecular weight excluding hydrogens is 234 g/mol. The molecule has 0 aromatic carbocycles. The zero-order valence-electron chi connectivity index (χ0n) is 9.92. The van der Waals surface area contributed by atoms with Crippen LogP contribution in [-0.2, 0) is 13.6 Å². The second-order valence-corrected chi connectivity index (χ2v) is 4.53. The van der Waals surface area contributed by atoms with Gasteiger partial charge in [0.05, 0.1) is 0 Å². The van der Waals surface area contributed by atoms with Crippen LogP contribution in [0.15, 0.2) is 34.8 Å². The van der Waals surface area contributed by atoms with Crippen LogP contribution >= 0.6 is 11.8 Å². The van der Waals surface area contributed by atoms with E-state index in [1.54, 1.807) is 12.5 Å². The number of rotatable bonds is 5. The predicted molar refractivity (Wildman–Crippen MR) is 66.7 cm³/mol. The lowest BCUT2D eigenvalue weighted by atomic mass is 10.3. The van der Waals surface area contributed by atoms with Crippen molar-refractivity contribution in [2.24, 2.45) is 7.05 Å². The number of aryl methyl sites for hydroxylation is 1. The van der Waals surface area contributed by atoms with E-state index in [9.17, 15) is 0 Å². The van der Waals surface area contributed by atoms with Crippen LogP contribution < -0.4 is 5.32 Å². The Labute approximate surface area is 105 Å². The lowest BCUT2D eigenvalue weighted by Crippen LogP contribution is -2.12. The average molecular weight is 249 g/mol. The molecule has 0 aliphatic carbocycles. The predicted octanol–water partition coefficient (Wildman–Crippen LogP) is 1.47. The van der Waals surface area contributed by atoms with Crippen LogP contribution in [0.5, 0.6) is 0 Å². The summed E-state index contributed by atoms with van der Waals surface area (Å²) in [6.45, 7) is 3.86. The Morgan fingerprint density at radius 3 is 3.06 bits per heavy atom. The third-order valence-electron chi connectivity index (χ3n) is 2.27. The Kier molecular flexibility index (Phi) is 4.11. The molecule has 2 aromatic heterocycles. The van der Waals surface area contributed by atoms with Gasteiger partial charge >= 0.3 is 0 Å². The molecule has 2 rings (SSSR count). The van der Waals surface area contributed by atoms with E-state index in [0.29, 0.717) is 0 Å². The molecule has 0 atom stereocenters. The van der Waals surface area contributed by atoms with Crippen molar-refractivity contribution in [3.63, 3.8) is 0 Å². The molecule has 0 bridgehead atoms. The van der Waals surface area contributed by atoms with Gasteiger partial charge in [0, 0.05) is 19.8 Å². The largest absolute Gasteiger partial charge is 0.313 e. The first-order chi connectivity index (χ1) is 8.31. The lowest BCUT2D eigenvalue weighted by Gasteiger charge is -2.07. The molecule has 0 amide bonds. The van der Waals surface area contributed by atoms with Gasteiger partial charge in [0.15, 0.2) is 5.16 Å². The Balaban J connectivity index is 2.17. The highest BCUT2D eigenvalue weighted by Crippen LogP contribution is 2.26. The van der Waals surface area contributed by atoms with E-state index in [1.165, 1.54) is 17.3 Å². The number of pyridine rings is 1. The summed E-state index contributed by atoms with van der Waals surface area (Å²) in [5, 5.41) is 13.0. The van der Waals surface area contributed by atoms with E-state index in [2.05, 4.69) is 33.5 Å². The summed E-state index contributed by atoms with van der Waals surface area (Å²) in [6.07, 6.45) is 3.49. The number of nitrogens with one attached hydrogen (secondary N) is 1. The molecule has 2 aromatic rings. The van der Waals surface area contributed by atoms with Crippen molar-refractivity contribution in [3.8, 4) is 0 Å². The van der Waals surface area contributed by atoms with Gasteiger partial charge in [-0.2, -0.15) is 0 Å². The first-order valence-corrected chi connectivity index (χ1v) is 6.29. The van der Waals surface area contributed by atoms with Gasteiger partial charge in [0.1, 0.15) is 11.4 Å². The van der Waals surface area contributed by atoms with Crippen LogP contribution in [0.1, 0.15) is 12.5 Å². The summed E-state index contributed by atoms with van der Waals surface area (Å²) in [7, 11) is 1.93. The van der Waals surface area contributed by atoms with E-state index >= 15 is 0 Å². The van der Waals surface area contributed by atoms with Crippen molar-refractivity contribution >= 4 is 11.8 Å². The van der Waals surface area contributed by atoms with Crippen molar-refractivity contribution in [1.82, 2.24) is 25.1 Å². The molecule has 0 fully saturated rings. The van der Waals surface area contributed by atoms with Gasteiger partial charge < -0.3 is 9.88 Å². The van der Waals surface area contributed by atoms with Crippen molar-refractivity contribution in [2.75, 3.05) is 6.54 Å². The van der Waals surface area contributed by atoms with Crippen molar-refractivity contribution in [3.05, 3.63) is 30.2 Å². The molecule has 0 saturated carbocycles. The summed E-state index contributed by atoms with van der Waals surface area (Å²) in [4.78, 5) is 4.39. The van der Waals surface area contributed by atoms with Gasteiger partial charge in [-0.15, -0.1) is 10.2 Å². The second kappa shape index (κ2) is 5.79. The summed E-state index contributed by atoms with van der Waals surface area (Å²) in [6, 6.07) is 4.03. The fourth-order valence-electron chi connectivity index (χ4n) is 1.36. The molecule has 17 heavy (non-hydrogen) atoms. The van der Waals surface area contributed by atoms with Crippen LogP contribution in [0.2, 0.25) is 0 Å². The summed E-state index contributed by atoms with van der Waals surface area (Å²) < 4.78 is 1.89. The van der Waals surface area contributed by atoms with Crippen LogP contribution in [0.4, 0.5) is 0 Å². The van der Waals surface area contributed by atoms with Crippen LogP contribution in [0.25, 0.3) is 0 Å². The molecule has 0 unspecified atom stereocenters. The average Bonchev–Trinajstić information content (AvgIpc) is 2.74. The van der Waals surface area contributed by atoms with Crippen LogP contribution in [0.3, 0.4) is 0 Å². The minimum atomic E-state index is 0.824. The molecule has 2 heterocycles. The minimum Gasteiger partial charge on any atom is -0.313 e. The van der Waals surface area contributed by atoms with E-state index in [4.69, 9.17) is 0 Å². The molecule has 1 N–H and O–H groups in total. The molecule has 0 aliphatic rings. The van der Waals surface area contributed by atoms with Crippen LogP contribution in [-0.4, -0.2) is 26.3 Å². The molecule has 6 heteroatoms. The third kappa shape index (κ3) is 3.04. The van der Waals surface area contributed by atoms with Gasteiger partial charge in [-0.3, -0.25) is 0 Å². The Morgan fingerprint density at radius 2 is 2.35 bits per heavy atom. The van der Waals surface area contributed by atoms with Gasteiger partial charge in [-0.1, -0.05) is 13.0 Å². The van der Waals surface area contributed by atoms with E-state index in [-0.39, 0.29) is 0 Å². The van der Waals surface area contributed by atoms with Gasteiger partial charge in [0.2, 0.25) is 0 Å². The molecule has 90 valence electrons. The highest BCUT2D eigenvalue weighted by molar-refractivity contribution is 7.99. The SMILES string of the molecule is CCNCc1cccnc1Sc1nncn1C. The first kappa shape index (κ1) is 12.1. The van der Waals surface area contributed by atoms with Gasteiger partial charge in [-0.05, 0) is 29.9 Å². The maximum Gasteiger partial charge on any atom is 0.197 e. The van der Waals surface area contributed by atoms with Crippen molar-refractivity contribution in [1.29, 1.82) is 0 Å². The fourth-order valence-corrected chi connectivity index (χ4v) is 2.20. The molecule has 0 saturated heterocycles. The van der Waals surface area contributed by atoms with E-state index < -0.39 is 0 Å². The highest BCUT2D eigenvalue weighted by atomic mass is 32.2. The zero-order chi connectivity index (χ0) is 12.1. The summed E-state index contributed by atoms with van der Waals surface area (Å²) >= 11 is 1.54. The molecule has 0 aliphatic heterocycles. The number of aromatic nitrogens is 4. The quantitative estimate of drug-likeness (QED) is 0.869. The van der Waals surface area contributed by atoms with Crippen molar-refractivity contribution in [2.45, 2.75) is 23.7 Å². The summed E-state index contributed by atoms with van der Waals surface area (Å²) in [5.74, 6) is 0. The number of nitrogens with zero attached hydrogens (tertiary/aromatic N) is 4. The second-order valence-electron chi connectivity index (χ2n) is 3.57. The standard InChI is InChI=1S/C11H15N5S/c1-3-12-7-9-5-4-6-13-10(9)17-11-15-14-8-16(11)2/h4-6,8,12H,3,7H2,1-2H3. The lowest BCUT2D eigenvalue weighted by molar-refractivity contribution is 0.709.